The third-order valence-corrected chi connectivity index (χ3v) is 4.45. The molecule has 0 saturated heterocycles. The van der Waals surface area contributed by atoms with E-state index in [9.17, 15) is 0 Å². The topological polar surface area (TPSA) is 57.5 Å². The zero-order valence-corrected chi connectivity index (χ0v) is 17.8. The number of aryl methyl sites for hydroxylation is 1. The van der Waals surface area contributed by atoms with Gasteiger partial charge in [-0.2, -0.15) is 5.10 Å². The predicted octanol–water partition coefficient (Wildman–Crippen LogP) is 2.53. The summed E-state index contributed by atoms with van der Waals surface area (Å²) in [5, 5.41) is 11.3. The van der Waals surface area contributed by atoms with Crippen molar-refractivity contribution in [2.75, 3.05) is 27.2 Å². The number of hydrogen-bond donors (Lipinski definition) is 2. The van der Waals surface area contributed by atoms with E-state index < -0.39 is 0 Å². The molecule has 1 aromatic heterocycles. The normalized spacial score (nSPS) is 17.5. The van der Waals surface area contributed by atoms with E-state index in [0.29, 0.717) is 6.04 Å². The smallest absolute Gasteiger partial charge is 0.191 e. The summed E-state index contributed by atoms with van der Waals surface area (Å²) in [5.41, 5.74) is 1.20. The molecule has 1 aliphatic rings. The molecule has 6 nitrogen and oxygen atoms in total. The van der Waals surface area contributed by atoms with E-state index in [1.807, 2.05) is 17.9 Å². The molecular formula is C17H33IN6. The minimum Gasteiger partial charge on any atom is -0.357 e. The zero-order valence-electron chi connectivity index (χ0n) is 15.5. The summed E-state index contributed by atoms with van der Waals surface area (Å²) in [7, 11) is 6.14. The lowest BCUT2D eigenvalue weighted by atomic mass is 9.96. The molecule has 1 atom stereocenters. The lowest BCUT2D eigenvalue weighted by molar-refractivity contribution is 0.306. The van der Waals surface area contributed by atoms with Crippen LogP contribution in [0.4, 0.5) is 0 Å². The second-order valence-electron chi connectivity index (χ2n) is 6.63. The molecule has 1 saturated carbocycles. The van der Waals surface area contributed by atoms with Gasteiger partial charge in [-0.1, -0.05) is 19.3 Å². The van der Waals surface area contributed by atoms with Gasteiger partial charge in [0, 0.05) is 31.4 Å². The maximum Gasteiger partial charge on any atom is 0.191 e. The Morgan fingerprint density at radius 2 is 2.08 bits per heavy atom. The van der Waals surface area contributed by atoms with E-state index in [4.69, 9.17) is 4.99 Å². The SMILES string of the molecule is CCNC(=NCC(c1cnn(C)c1)N(C)C)NC1CCCCC1.I. The number of hydrogen-bond acceptors (Lipinski definition) is 3. The van der Waals surface area contributed by atoms with Crippen LogP contribution in [-0.4, -0.2) is 53.9 Å². The summed E-state index contributed by atoms with van der Waals surface area (Å²) >= 11 is 0. The van der Waals surface area contributed by atoms with E-state index in [1.165, 1.54) is 37.7 Å². The molecule has 0 radical (unpaired) electrons. The maximum absolute atomic E-state index is 4.83. The second kappa shape index (κ2) is 10.9. The molecule has 24 heavy (non-hydrogen) atoms. The lowest BCUT2D eigenvalue weighted by Crippen LogP contribution is -2.44. The van der Waals surface area contributed by atoms with Crippen molar-refractivity contribution in [1.82, 2.24) is 25.3 Å². The highest BCUT2D eigenvalue weighted by Gasteiger charge is 2.17. The van der Waals surface area contributed by atoms with E-state index in [2.05, 4.69) is 47.8 Å². The monoisotopic (exact) mass is 448 g/mol. The predicted molar refractivity (Wildman–Crippen MR) is 111 cm³/mol. The fourth-order valence-corrected chi connectivity index (χ4v) is 3.12. The molecule has 1 aromatic rings. The van der Waals surface area contributed by atoms with Gasteiger partial charge in [-0.05, 0) is 33.9 Å². The van der Waals surface area contributed by atoms with Gasteiger partial charge in [-0.3, -0.25) is 9.67 Å². The first-order valence-corrected chi connectivity index (χ1v) is 8.80. The molecular weight excluding hydrogens is 415 g/mol. The summed E-state index contributed by atoms with van der Waals surface area (Å²) in [6, 6.07) is 0.809. The van der Waals surface area contributed by atoms with E-state index in [0.717, 1.165) is 19.0 Å². The molecule has 0 spiro atoms. The zero-order chi connectivity index (χ0) is 16.7. The Morgan fingerprint density at radius 1 is 1.38 bits per heavy atom. The van der Waals surface area contributed by atoms with Gasteiger partial charge in [0.05, 0.1) is 18.8 Å². The molecule has 0 amide bonds. The molecule has 0 bridgehead atoms. The van der Waals surface area contributed by atoms with Crippen molar-refractivity contribution in [2.24, 2.45) is 12.0 Å². The van der Waals surface area contributed by atoms with E-state index in [1.54, 1.807) is 0 Å². The van der Waals surface area contributed by atoms with Gasteiger partial charge in [0.1, 0.15) is 0 Å². The fourth-order valence-electron chi connectivity index (χ4n) is 3.12. The molecule has 2 rings (SSSR count). The van der Waals surface area contributed by atoms with Crippen LogP contribution in [0.15, 0.2) is 17.4 Å². The standard InChI is InChI=1S/C17H32N6.HI/c1-5-18-17(21-15-9-7-6-8-10-15)19-12-16(22(2)3)14-11-20-23(4)13-14;/h11,13,15-16H,5-10,12H2,1-4H3,(H2,18,19,21);1H. The second-order valence-corrected chi connectivity index (χ2v) is 6.63. The van der Waals surface area contributed by atoms with Gasteiger partial charge < -0.3 is 15.5 Å². The summed E-state index contributed by atoms with van der Waals surface area (Å²) in [4.78, 5) is 7.03. The van der Waals surface area contributed by atoms with Crippen molar-refractivity contribution >= 4 is 29.9 Å². The van der Waals surface area contributed by atoms with Gasteiger partial charge >= 0.3 is 0 Å². The summed E-state index contributed by atoms with van der Waals surface area (Å²) in [6.45, 7) is 3.72. The minimum absolute atomic E-state index is 0. The number of rotatable bonds is 6. The summed E-state index contributed by atoms with van der Waals surface area (Å²) in [6.07, 6.45) is 10.5. The highest BCUT2D eigenvalue weighted by atomic mass is 127. The van der Waals surface area contributed by atoms with Gasteiger partial charge in [-0.15, -0.1) is 24.0 Å². The summed E-state index contributed by atoms with van der Waals surface area (Å²) < 4.78 is 1.85. The van der Waals surface area contributed by atoms with Gasteiger partial charge in [0.2, 0.25) is 0 Å². The van der Waals surface area contributed by atoms with Gasteiger partial charge in [0.25, 0.3) is 0 Å². The first kappa shape index (κ1) is 21.2. The third-order valence-electron chi connectivity index (χ3n) is 4.45. The maximum atomic E-state index is 4.83. The molecule has 0 aromatic carbocycles. The van der Waals surface area contributed by atoms with Crippen LogP contribution >= 0.6 is 24.0 Å². The molecule has 2 N–H and O–H groups in total. The molecule has 138 valence electrons. The van der Waals surface area contributed by atoms with Crippen LogP contribution in [0.25, 0.3) is 0 Å². The third kappa shape index (κ3) is 6.58. The largest absolute Gasteiger partial charge is 0.357 e. The van der Waals surface area contributed by atoms with Crippen molar-refractivity contribution in [3.05, 3.63) is 18.0 Å². The summed E-state index contributed by atoms with van der Waals surface area (Å²) in [5.74, 6) is 0.940. The molecule has 1 unspecified atom stereocenters. The number of guanidine groups is 1. The van der Waals surface area contributed by atoms with Crippen LogP contribution in [0, 0.1) is 0 Å². The highest BCUT2D eigenvalue weighted by molar-refractivity contribution is 14.0. The Bertz CT molecular complexity index is 493. The number of halogens is 1. The quantitative estimate of drug-likeness (QED) is 0.399. The molecule has 1 aliphatic carbocycles. The highest BCUT2D eigenvalue weighted by Crippen LogP contribution is 2.19. The first-order valence-electron chi connectivity index (χ1n) is 8.80. The molecule has 1 heterocycles. The Labute approximate surface area is 163 Å². The molecule has 1 fully saturated rings. The van der Waals surface area contributed by atoms with Crippen molar-refractivity contribution in [1.29, 1.82) is 0 Å². The first-order chi connectivity index (χ1) is 11.1. The van der Waals surface area contributed by atoms with Crippen LogP contribution in [0.3, 0.4) is 0 Å². The van der Waals surface area contributed by atoms with Crippen molar-refractivity contribution in [2.45, 2.75) is 51.1 Å². The van der Waals surface area contributed by atoms with Crippen molar-refractivity contribution in [3.8, 4) is 0 Å². The van der Waals surface area contributed by atoms with Crippen LogP contribution in [-0.2, 0) is 7.05 Å². The Hall–Kier alpha value is -0.830. The lowest BCUT2D eigenvalue weighted by Gasteiger charge is -2.26. The van der Waals surface area contributed by atoms with Crippen LogP contribution in [0.5, 0.6) is 0 Å². The van der Waals surface area contributed by atoms with E-state index in [-0.39, 0.29) is 30.0 Å². The Balaban J connectivity index is 0.00000288. The van der Waals surface area contributed by atoms with Crippen LogP contribution in [0.2, 0.25) is 0 Å². The Morgan fingerprint density at radius 3 is 2.62 bits per heavy atom. The number of aliphatic imine (C=N–C) groups is 1. The Kier molecular flexibility index (Phi) is 9.65. The van der Waals surface area contributed by atoms with Gasteiger partial charge in [0.15, 0.2) is 5.96 Å². The van der Waals surface area contributed by atoms with Crippen LogP contribution in [0.1, 0.15) is 50.6 Å². The molecule has 7 heteroatoms. The van der Waals surface area contributed by atoms with E-state index >= 15 is 0 Å². The average Bonchev–Trinajstić information content (AvgIpc) is 2.94. The van der Waals surface area contributed by atoms with Gasteiger partial charge in [-0.25, -0.2) is 0 Å². The number of nitrogens with one attached hydrogen (secondary N) is 2. The fraction of sp³-hybridized carbons (Fsp3) is 0.765. The average molecular weight is 448 g/mol. The minimum atomic E-state index is 0. The van der Waals surface area contributed by atoms with Crippen LogP contribution < -0.4 is 10.6 Å². The van der Waals surface area contributed by atoms with Crippen molar-refractivity contribution in [3.63, 3.8) is 0 Å². The number of likely N-dealkylation sites (N-methyl/N-ethyl adjacent to an activating group) is 1. The number of aromatic nitrogens is 2. The van der Waals surface area contributed by atoms with Crippen molar-refractivity contribution < 1.29 is 0 Å². The number of nitrogens with zero attached hydrogens (tertiary/aromatic N) is 4. The molecule has 0 aliphatic heterocycles.